The van der Waals surface area contributed by atoms with E-state index in [-0.39, 0.29) is 5.92 Å². The van der Waals surface area contributed by atoms with E-state index < -0.39 is 0 Å². The summed E-state index contributed by atoms with van der Waals surface area (Å²) in [6.07, 6.45) is 2.26. The van der Waals surface area contributed by atoms with Crippen molar-refractivity contribution in [3.8, 4) is 5.88 Å². The van der Waals surface area contributed by atoms with Gasteiger partial charge in [-0.15, -0.1) is 0 Å². The summed E-state index contributed by atoms with van der Waals surface area (Å²) in [5.41, 5.74) is 3.46. The summed E-state index contributed by atoms with van der Waals surface area (Å²) < 4.78 is 10.6. The molecule has 0 aromatic carbocycles. The van der Waals surface area contributed by atoms with Crippen LogP contribution in [-0.4, -0.2) is 30.3 Å². The monoisotopic (exact) mass is 240 g/mol. The molecule has 1 heterocycles. The maximum absolute atomic E-state index is 5.62. The Morgan fingerprint density at radius 1 is 1.35 bits per heavy atom. The molecule has 0 saturated carbocycles. The second kappa shape index (κ2) is 7.03. The fraction of sp³-hybridized carbons (Fsp3) is 0.636. The smallest absolute Gasteiger partial charge is 0.222 e. The van der Waals surface area contributed by atoms with Crippen molar-refractivity contribution in [1.82, 2.24) is 9.97 Å². The molecule has 0 amide bonds. The molecule has 0 aliphatic carbocycles. The zero-order valence-corrected chi connectivity index (χ0v) is 10.6. The van der Waals surface area contributed by atoms with Gasteiger partial charge in [0.2, 0.25) is 5.88 Å². The van der Waals surface area contributed by atoms with E-state index in [4.69, 9.17) is 15.3 Å². The van der Waals surface area contributed by atoms with Crippen LogP contribution < -0.4 is 16.0 Å². The molecule has 0 bridgehead atoms. The van der Waals surface area contributed by atoms with Crippen LogP contribution in [0.4, 0.5) is 5.82 Å². The number of anilines is 1. The van der Waals surface area contributed by atoms with E-state index >= 15 is 0 Å². The van der Waals surface area contributed by atoms with Crippen LogP contribution in [0.2, 0.25) is 0 Å². The van der Waals surface area contributed by atoms with Crippen LogP contribution in [0.15, 0.2) is 6.33 Å². The van der Waals surface area contributed by atoms with E-state index in [1.807, 2.05) is 13.8 Å². The molecular weight excluding hydrogens is 220 g/mol. The highest BCUT2D eigenvalue weighted by atomic mass is 16.5. The lowest BCUT2D eigenvalue weighted by Crippen LogP contribution is -2.14. The lowest BCUT2D eigenvalue weighted by Gasteiger charge is -2.15. The van der Waals surface area contributed by atoms with Gasteiger partial charge in [-0.25, -0.2) is 15.8 Å². The molecule has 96 valence electrons. The van der Waals surface area contributed by atoms with Gasteiger partial charge >= 0.3 is 0 Å². The zero-order valence-electron chi connectivity index (χ0n) is 10.6. The van der Waals surface area contributed by atoms with E-state index in [0.29, 0.717) is 24.9 Å². The molecule has 6 heteroatoms. The van der Waals surface area contributed by atoms with Crippen LogP contribution in [0.25, 0.3) is 0 Å². The summed E-state index contributed by atoms with van der Waals surface area (Å²) in [4.78, 5) is 8.21. The molecule has 0 unspecified atom stereocenters. The lowest BCUT2D eigenvalue weighted by atomic mass is 10.1. The maximum Gasteiger partial charge on any atom is 0.222 e. The second-order valence-corrected chi connectivity index (χ2v) is 3.93. The van der Waals surface area contributed by atoms with Crippen LogP contribution in [0.3, 0.4) is 0 Å². The molecule has 0 atom stereocenters. The SMILES string of the molecule is COCCCOc1ncnc(NN)c1C(C)C. The first-order valence-electron chi connectivity index (χ1n) is 5.64. The molecule has 0 radical (unpaired) electrons. The van der Waals surface area contributed by atoms with Crippen molar-refractivity contribution >= 4 is 5.82 Å². The average molecular weight is 240 g/mol. The molecule has 3 N–H and O–H groups in total. The van der Waals surface area contributed by atoms with Crippen LogP contribution >= 0.6 is 0 Å². The van der Waals surface area contributed by atoms with E-state index in [1.54, 1.807) is 7.11 Å². The van der Waals surface area contributed by atoms with Crippen molar-refractivity contribution in [1.29, 1.82) is 0 Å². The Hall–Kier alpha value is -1.40. The van der Waals surface area contributed by atoms with Crippen molar-refractivity contribution in [3.05, 3.63) is 11.9 Å². The number of hydrogen-bond acceptors (Lipinski definition) is 6. The van der Waals surface area contributed by atoms with Crippen molar-refractivity contribution in [3.63, 3.8) is 0 Å². The van der Waals surface area contributed by atoms with E-state index in [1.165, 1.54) is 6.33 Å². The third-order valence-corrected chi connectivity index (χ3v) is 2.29. The normalized spacial score (nSPS) is 10.6. The number of nitrogens with two attached hydrogens (primary N) is 1. The maximum atomic E-state index is 5.62. The molecule has 1 aromatic rings. The molecule has 0 aliphatic heterocycles. The van der Waals surface area contributed by atoms with Crippen LogP contribution in [0, 0.1) is 0 Å². The Balaban J connectivity index is 2.76. The summed E-state index contributed by atoms with van der Waals surface area (Å²) in [6, 6.07) is 0. The topological polar surface area (TPSA) is 82.3 Å². The Labute approximate surface area is 102 Å². The number of aromatic nitrogens is 2. The number of hydrogen-bond donors (Lipinski definition) is 2. The molecule has 0 saturated heterocycles. The molecule has 17 heavy (non-hydrogen) atoms. The van der Waals surface area contributed by atoms with Gasteiger partial charge in [0.15, 0.2) is 5.82 Å². The molecule has 1 aromatic heterocycles. The quantitative estimate of drug-likeness (QED) is 0.424. The van der Waals surface area contributed by atoms with Gasteiger partial charge in [0.1, 0.15) is 6.33 Å². The van der Waals surface area contributed by atoms with Crippen LogP contribution in [0.5, 0.6) is 5.88 Å². The van der Waals surface area contributed by atoms with Crippen molar-refractivity contribution in [2.45, 2.75) is 26.2 Å². The summed E-state index contributed by atoms with van der Waals surface area (Å²) in [7, 11) is 1.67. The third-order valence-electron chi connectivity index (χ3n) is 2.29. The van der Waals surface area contributed by atoms with Gasteiger partial charge in [-0.1, -0.05) is 13.8 Å². The average Bonchev–Trinajstić information content (AvgIpc) is 2.33. The predicted octanol–water partition coefficient (Wildman–Crippen LogP) is 1.30. The highest BCUT2D eigenvalue weighted by molar-refractivity contribution is 5.49. The fourth-order valence-corrected chi connectivity index (χ4v) is 1.50. The number of nitrogen functional groups attached to an aromatic ring is 1. The largest absolute Gasteiger partial charge is 0.477 e. The molecule has 0 aliphatic rings. The number of hydrazine groups is 1. The minimum absolute atomic E-state index is 0.236. The molecule has 6 nitrogen and oxygen atoms in total. The predicted molar refractivity (Wildman–Crippen MR) is 65.9 cm³/mol. The first-order chi connectivity index (χ1) is 8.20. The zero-order chi connectivity index (χ0) is 12.7. The van der Waals surface area contributed by atoms with Crippen molar-refractivity contribution in [2.24, 2.45) is 5.84 Å². The van der Waals surface area contributed by atoms with Gasteiger partial charge in [-0.05, 0) is 5.92 Å². The number of ether oxygens (including phenoxy) is 2. The Kier molecular flexibility index (Phi) is 5.65. The highest BCUT2D eigenvalue weighted by Gasteiger charge is 2.15. The number of rotatable bonds is 7. The molecule has 0 fully saturated rings. The highest BCUT2D eigenvalue weighted by Crippen LogP contribution is 2.29. The van der Waals surface area contributed by atoms with Gasteiger partial charge in [0, 0.05) is 20.1 Å². The van der Waals surface area contributed by atoms with Gasteiger partial charge in [0.05, 0.1) is 12.2 Å². The molecule has 0 spiro atoms. The number of nitrogens with one attached hydrogen (secondary N) is 1. The minimum atomic E-state index is 0.236. The lowest BCUT2D eigenvalue weighted by molar-refractivity contribution is 0.170. The van der Waals surface area contributed by atoms with Gasteiger partial charge < -0.3 is 14.9 Å². The van der Waals surface area contributed by atoms with Crippen LogP contribution in [0.1, 0.15) is 31.7 Å². The van der Waals surface area contributed by atoms with Crippen molar-refractivity contribution < 1.29 is 9.47 Å². The van der Waals surface area contributed by atoms with Crippen molar-refractivity contribution in [2.75, 3.05) is 25.7 Å². The molecule has 1 rings (SSSR count). The minimum Gasteiger partial charge on any atom is -0.477 e. The van der Waals surface area contributed by atoms with Crippen LogP contribution in [-0.2, 0) is 4.74 Å². The number of nitrogens with zero attached hydrogens (tertiary/aromatic N) is 2. The van der Waals surface area contributed by atoms with E-state index in [9.17, 15) is 0 Å². The van der Waals surface area contributed by atoms with E-state index in [0.717, 1.165) is 12.0 Å². The van der Waals surface area contributed by atoms with Gasteiger partial charge in [-0.3, -0.25) is 0 Å². The fourth-order valence-electron chi connectivity index (χ4n) is 1.50. The Bertz CT molecular complexity index is 344. The summed E-state index contributed by atoms with van der Waals surface area (Å²) in [5.74, 6) is 6.84. The molecular formula is C11H20N4O2. The first kappa shape index (κ1) is 13.7. The summed E-state index contributed by atoms with van der Waals surface area (Å²) in [6.45, 7) is 5.32. The Morgan fingerprint density at radius 3 is 2.71 bits per heavy atom. The third kappa shape index (κ3) is 3.83. The first-order valence-corrected chi connectivity index (χ1v) is 5.64. The number of methoxy groups -OCH3 is 1. The van der Waals surface area contributed by atoms with E-state index in [2.05, 4.69) is 15.4 Å². The second-order valence-electron chi connectivity index (χ2n) is 3.93. The Morgan fingerprint density at radius 2 is 2.12 bits per heavy atom. The summed E-state index contributed by atoms with van der Waals surface area (Å²) >= 11 is 0. The van der Waals surface area contributed by atoms with Gasteiger partial charge in [-0.2, -0.15) is 0 Å². The summed E-state index contributed by atoms with van der Waals surface area (Å²) in [5, 5.41) is 0. The standard InChI is InChI=1S/C11H20N4O2/c1-8(2)9-10(15-12)13-7-14-11(9)17-6-4-5-16-3/h7-8H,4-6,12H2,1-3H3,(H,13,14,15). The van der Waals surface area contributed by atoms with Gasteiger partial charge in [0.25, 0.3) is 0 Å².